The first-order valence-electron chi connectivity index (χ1n) is 5.19. The third-order valence-electron chi connectivity index (χ3n) is 2.46. The van der Waals surface area contributed by atoms with E-state index < -0.39 is 0 Å². The summed E-state index contributed by atoms with van der Waals surface area (Å²) in [6.45, 7) is 6.48. The summed E-state index contributed by atoms with van der Waals surface area (Å²) >= 11 is 1.75. The van der Waals surface area contributed by atoms with Crippen LogP contribution in [-0.2, 0) is 0 Å². The average molecular weight is 217 g/mol. The van der Waals surface area contributed by atoms with Gasteiger partial charge in [-0.15, -0.1) is 11.3 Å². The number of hydrogen-bond donors (Lipinski definition) is 0. The van der Waals surface area contributed by atoms with E-state index in [4.69, 9.17) is 0 Å². The Kier molecular flexibility index (Phi) is 2.87. The van der Waals surface area contributed by atoms with Crippen LogP contribution >= 0.6 is 11.3 Å². The fourth-order valence-corrected chi connectivity index (χ4v) is 2.32. The predicted molar refractivity (Wildman–Crippen MR) is 66.4 cm³/mol. The molecule has 0 amide bonds. The van der Waals surface area contributed by atoms with Crippen LogP contribution in [0.15, 0.2) is 30.5 Å². The number of thiazole rings is 1. The quantitative estimate of drug-likeness (QED) is 0.733. The molecule has 78 valence electrons. The van der Waals surface area contributed by atoms with Gasteiger partial charge in [0.1, 0.15) is 0 Å². The van der Waals surface area contributed by atoms with Gasteiger partial charge >= 0.3 is 0 Å². The smallest absolute Gasteiger partial charge is 0.0900 e. The molecule has 2 rings (SSSR count). The average Bonchev–Trinajstić information content (AvgIpc) is 2.65. The standard InChI is InChI=1S/C13H15NS/c1-9(2)11-5-4-6-12(7-11)13-8-14-10(3)15-13/h4-9H,1-3H3. The number of rotatable bonds is 2. The molecule has 1 aromatic carbocycles. The van der Waals surface area contributed by atoms with Crippen LogP contribution in [0, 0.1) is 6.92 Å². The lowest BCUT2D eigenvalue weighted by molar-refractivity contribution is 0.867. The summed E-state index contributed by atoms with van der Waals surface area (Å²) in [5, 5.41) is 1.12. The van der Waals surface area contributed by atoms with Crippen LogP contribution in [0.4, 0.5) is 0 Å². The Balaban J connectivity index is 2.41. The van der Waals surface area contributed by atoms with Crippen LogP contribution < -0.4 is 0 Å². The van der Waals surface area contributed by atoms with Gasteiger partial charge < -0.3 is 0 Å². The van der Waals surface area contributed by atoms with Crippen LogP contribution in [0.1, 0.15) is 30.3 Å². The second-order valence-electron chi connectivity index (χ2n) is 4.02. The van der Waals surface area contributed by atoms with Crippen molar-refractivity contribution in [2.75, 3.05) is 0 Å². The van der Waals surface area contributed by atoms with Crippen molar-refractivity contribution >= 4 is 11.3 Å². The SMILES string of the molecule is Cc1ncc(-c2cccc(C(C)C)c2)s1. The van der Waals surface area contributed by atoms with Crippen LogP contribution in [0.2, 0.25) is 0 Å². The van der Waals surface area contributed by atoms with E-state index in [0.29, 0.717) is 5.92 Å². The largest absolute Gasteiger partial charge is 0.249 e. The first kappa shape index (κ1) is 10.4. The van der Waals surface area contributed by atoms with Crippen molar-refractivity contribution in [2.24, 2.45) is 0 Å². The number of aromatic nitrogens is 1. The van der Waals surface area contributed by atoms with Gasteiger partial charge in [0, 0.05) is 6.20 Å². The molecule has 0 bridgehead atoms. The minimum atomic E-state index is 0.582. The molecular weight excluding hydrogens is 202 g/mol. The number of hydrogen-bond acceptors (Lipinski definition) is 2. The minimum absolute atomic E-state index is 0.582. The van der Waals surface area contributed by atoms with Gasteiger partial charge in [0.05, 0.1) is 9.88 Å². The molecule has 0 saturated carbocycles. The molecule has 0 aliphatic heterocycles. The van der Waals surface area contributed by atoms with Gasteiger partial charge in [0.2, 0.25) is 0 Å². The molecule has 0 atom stereocenters. The molecule has 15 heavy (non-hydrogen) atoms. The van der Waals surface area contributed by atoms with Crippen molar-refractivity contribution in [3.63, 3.8) is 0 Å². The molecule has 2 aromatic rings. The lowest BCUT2D eigenvalue weighted by Gasteiger charge is -2.06. The van der Waals surface area contributed by atoms with E-state index >= 15 is 0 Å². The zero-order valence-electron chi connectivity index (χ0n) is 9.32. The van der Waals surface area contributed by atoms with E-state index in [1.807, 2.05) is 13.1 Å². The van der Waals surface area contributed by atoms with E-state index in [1.165, 1.54) is 16.0 Å². The third-order valence-corrected chi connectivity index (χ3v) is 3.42. The van der Waals surface area contributed by atoms with Gasteiger partial charge in [0.25, 0.3) is 0 Å². The van der Waals surface area contributed by atoms with E-state index in [1.54, 1.807) is 11.3 Å². The lowest BCUT2D eigenvalue weighted by Crippen LogP contribution is -1.86. The van der Waals surface area contributed by atoms with E-state index in [-0.39, 0.29) is 0 Å². The number of nitrogens with zero attached hydrogens (tertiary/aromatic N) is 1. The number of aryl methyl sites for hydroxylation is 1. The van der Waals surface area contributed by atoms with Gasteiger partial charge in [-0.3, -0.25) is 0 Å². The minimum Gasteiger partial charge on any atom is -0.249 e. The molecule has 0 unspecified atom stereocenters. The maximum Gasteiger partial charge on any atom is 0.0900 e. The third kappa shape index (κ3) is 2.26. The highest BCUT2D eigenvalue weighted by Crippen LogP contribution is 2.28. The van der Waals surface area contributed by atoms with Crippen molar-refractivity contribution in [1.29, 1.82) is 0 Å². The van der Waals surface area contributed by atoms with Gasteiger partial charge in [-0.25, -0.2) is 4.98 Å². The maximum absolute atomic E-state index is 4.29. The molecule has 0 aliphatic carbocycles. The monoisotopic (exact) mass is 217 g/mol. The summed E-state index contributed by atoms with van der Waals surface area (Å²) in [6.07, 6.45) is 1.96. The molecule has 1 heterocycles. The highest BCUT2D eigenvalue weighted by atomic mass is 32.1. The van der Waals surface area contributed by atoms with Crippen molar-refractivity contribution in [1.82, 2.24) is 4.98 Å². The van der Waals surface area contributed by atoms with Crippen molar-refractivity contribution in [2.45, 2.75) is 26.7 Å². The number of benzene rings is 1. The second-order valence-corrected chi connectivity index (χ2v) is 5.26. The lowest BCUT2D eigenvalue weighted by atomic mass is 10.0. The Bertz CT molecular complexity index is 457. The molecule has 2 heteroatoms. The fourth-order valence-electron chi connectivity index (χ4n) is 1.55. The first-order chi connectivity index (χ1) is 7.16. The van der Waals surface area contributed by atoms with Crippen LogP contribution in [-0.4, -0.2) is 4.98 Å². The van der Waals surface area contributed by atoms with Gasteiger partial charge in [-0.2, -0.15) is 0 Å². The Morgan fingerprint density at radius 1 is 1.27 bits per heavy atom. The molecule has 1 nitrogen and oxygen atoms in total. The van der Waals surface area contributed by atoms with Gasteiger partial charge in [-0.05, 0) is 24.0 Å². The van der Waals surface area contributed by atoms with Gasteiger partial charge in [-0.1, -0.05) is 38.1 Å². The summed E-state index contributed by atoms with van der Waals surface area (Å²) in [5.74, 6) is 0.582. The molecule has 0 aliphatic rings. The first-order valence-corrected chi connectivity index (χ1v) is 6.01. The van der Waals surface area contributed by atoms with Crippen molar-refractivity contribution < 1.29 is 0 Å². The summed E-state index contributed by atoms with van der Waals surface area (Å²) in [7, 11) is 0. The molecule has 0 N–H and O–H groups in total. The molecule has 1 aromatic heterocycles. The van der Waals surface area contributed by atoms with E-state index in [0.717, 1.165) is 5.01 Å². The fraction of sp³-hybridized carbons (Fsp3) is 0.308. The van der Waals surface area contributed by atoms with Crippen LogP contribution in [0.3, 0.4) is 0 Å². The zero-order chi connectivity index (χ0) is 10.8. The molecule has 0 fully saturated rings. The molecule has 0 radical (unpaired) electrons. The van der Waals surface area contributed by atoms with Crippen molar-refractivity contribution in [3.05, 3.63) is 41.0 Å². The predicted octanol–water partition coefficient (Wildman–Crippen LogP) is 4.24. The Hall–Kier alpha value is -1.15. The van der Waals surface area contributed by atoms with E-state index in [2.05, 4.69) is 43.1 Å². The summed E-state index contributed by atoms with van der Waals surface area (Å²) in [4.78, 5) is 5.55. The topological polar surface area (TPSA) is 12.9 Å². The van der Waals surface area contributed by atoms with Crippen LogP contribution in [0.5, 0.6) is 0 Å². The molecule has 0 saturated heterocycles. The summed E-state index contributed by atoms with van der Waals surface area (Å²) < 4.78 is 0. The van der Waals surface area contributed by atoms with Crippen LogP contribution in [0.25, 0.3) is 10.4 Å². The van der Waals surface area contributed by atoms with Crippen molar-refractivity contribution in [3.8, 4) is 10.4 Å². The van der Waals surface area contributed by atoms with E-state index in [9.17, 15) is 0 Å². The Morgan fingerprint density at radius 2 is 2.07 bits per heavy atom. The molecular formula is C13H15NS. The van der Waals surface area contributed by atoms with Gasteiger partial charge in [0.15, 0.2) is 0 Å². The Labute approximate surface area is 94.8 Å². The Morgan fingerprint density at radius 3 is 2.67 bits per heavy atom. The maximum atomic E-state index is 4.29. The molecule has 0 spiro atoms. The normalized spacial score (nSPS) is 10.9. The zero-order valence-corrected chi connectivity index (χ0v) is 10.1. The highest BCUT2D eigenvalue weighted by Gasteiger charge is 2.04. The summed E-state index contributed by atoms with van der Waals surface area (Å²) in [5.41, 5.74) is 2.67. The highest BCUT2D eigenvalue weighted by molar-refractivity contribution is 7.15. The summed E-state index contributed by atoms with van der Waals surface area (Å²) in [6, 6.07) is 8.72. The second kappa shape index (κ2) is 4.15.